The number of hydrogen-bond acceptors (Lipinski definition) is 4. The summed E-state index contributed by atoms with van der Waals surface area (Å²) < 4.78 is 30.5. The molecule has 16 heavy (non-hydrogen) atoms. The molecule has 3 N–H and O–H groups in total. The van der Waals surface area contributed by atoms with E-state index in [2.05, 4.69) is 4.72 Å². The summed E-state index contributed by atoms with van der Waals surface area (Å²) in [6.45, 7) is 0.951. The fourth-order valence-electron chi connectivity index (χ4n) is 1.88. The predicted octanol–water partition coefficient (Wildman–Crippen LogP) is 0.214. The summed E-state index contributed by atoms with van der Waals surface area (Å²) in [7, 11) is -3.19. The number of nitrogens with two attached hydrogens (primary N) is 1. The third kappa shape index (κ3) is 5.79. The van der Waals surface area contributed by atoms with Gasteiger partial charge in [0.15, 0.2) is 0 Å². The molecule has 1 fully saturated rings. The van der Waals surface area contributed by atoms with Gasteiger partial charge in [-0.2, -0.15) is 0 Å². The van der Waals surface area contributed by atoms with Crippen molar-refractivity contribution in [2.24, 2.45) is 5.73 Å². The van der Waals surface area contributed by atoms with Crippen LogP contribution in [0.5, 0.6) is 0 Å². The lowest BCUT2D eigenvalue weighted by Crippen LogP contribution is -2.33. The fraction of sp³-hybridized carbons (Fsp3) is 1.00. The van der Waals surface area contributed by atoms with Gasteiger partial charge in [-0.3, -0.25) is 0 Å². The van der Waals surface area contributed by atoms with Gasteiger partial charge >= 0.3 is 0 Å². The molecule has 0 aromatic carbocycles. The molecule has 96 valence electrons. The van der Waals surface area contributed by atoms with Gasteiger partial charge in [-0.15, -0.1) is 0 Å². The molecule has 0 aliphatic heterocycles. The number of hydrogen-bond donors (Lipinski definition) is 2. The van der Waals surface area contributed by atoms with Crippen LogP contribution in [-0.2, 0) is 14.8 Å². The normalized spacial score (nSPS) is 18.8. The summed E-state index contributed by atoms with van der Waals surface area (Å²) >= 11 is 0. The molecule has 0 amide bonds. The number of ether oxygens (including phenoxy) is 1. The van der Waals surface area contributed by atoms with Crippen LogP contribution in [-0.4, -0.2) is 40.0 Å². The van der Waals surface area contributed by atoms with Crippen molar-refractivity contribution in [3.8, 4) is 0 Å². The number of rotatable bonds is 7. The standard InChI is InChI=1S/C10H22N2O3S/c11-6-9-16(13,14)12-7-8-15-10-4-2-1-3-5-10/h10,12H,1-9,11H2. The highest BCUT2D eigenvalue weighted by molar-refractivity contribution is 7.89. The van der Waals surface area contributed by atoms with Gasteiger partial charge in [0.05, 0.1) is 18.5 Å². The van der Waals surface area contributed by atoms with Crippen molar-refractivity contribution in [1.29, 1.82) is 0 Å². The molecule has 1 rings (SSSR count). The van der Waals surface area contributed by atoms with Crippen LogP contribution in [0.1, 0.15) is 32.1 Å². The summed E-state index contributed by atoms with van der Waals surface area (Å²) in [4.78, 5) is 0. The third-order valence-corrected chi connectivity index (χ3v) is 4.13. The van der Waals surface area contributed by atoms with Crippen molar-refractivity contribution in [3.05, 3.63) is 0 Å². The van der Waals surface area contributed by atoms with Crippen molar-refractivity contribution in [1.82, 2.24) is 4.72 Å². The Kier molecular flexibility index (Phi) is 6.26. The van der Waals surface area contributed by atoms with Gasteiger partial charge in [0.1, 0.15) is 0 Å². The van der Waals surface area contributed by atoms with E-state index in [1.54, 1.807) is 0 Å². The molecule has 0 bridgehead atoms. The Morgan fingerprint density at radius 3 is 2.56 bits per heavy atom. The lowest BCUT2D eigenvalue weighted by Gasteiger charge is -2.21. The Balaban J connectivity index is 2.06. The predicted molar refractivity (Wildman–Crippen MR) is 63.7 cm³/mol. The Bertz CT molecular complexity index is 274. The molecule has 0 aromatic rings. The lowest BCUT2D eigenvalue weighted by molar-refractivity contribution is 0.0321. The van der Waals surface area contributed by atoms with Crippen LogP contribution in [0.4, 0.5) is 0 Å². The van der Waals surface area contributed by atoms with Crippen molar-refractivity contribution in [2.45, 2.75) is 38.2 Å². The average Bonchev–Trinajstić information content (AvgIpc) is 2.26. The smallest absolute Gasteiger partial charge is 0.212 e. The molecule has 5 nitrogen and oxygen atoms in total. The van der Waals surface area contributed by atoms with Crippen LogP contribution < -0.4 is 10.5 Å². The molecule has 0 saturated heterocycles. The highest BCUT2D eigenvalue weighted by Crippen LogP contribution is 2.19. The van der Waals surface area contributed by atoms with Crippen LogP contribution >= 0.6 is 0 Å². The maximum Gasteiger partial charge on any atom is 0.212 e. The molecule has 0 radical (unpaired) electrons. The molecular formula is C10H22N2O3S. The zero-order chi connectivity index (χ0) is 11.9. The molecule has 1 saturated carbocycles. The molecule has 0 heterocycles. The van der Waals surface area contributed by atoms with E-state index in [4.69, 9.17) is 10.5 Å². The first-order valence-corrected chi connectivity index (χ1v) is 7.58. The van der Waals surface area contributed by atoms with Crippen molar-refractivity contribution >= 4 is 10.0 Å². The molecule has 1 aliphatic carbocycles. The van der Waals surface area contributed by atoms with E-state index in [1.807, 2.05) is 0 Å². The zero-order valence-electron chi connectivity index (χ0n) is 9.65. The van der Waals surface area contributed by atoms with Gasteiger partial charge in [0, 0.05) is 13.1 Å². The van der Waals surface area contributed by atoms with E-state index in [9.17, 15) is 8.42 Å². The molecule has 0 aromatic heterocycles. The summed E-state index contributed by atoms with van der Waals surface area (Å²) in [6.07, 6.45) is 6.29. The highest BCUT2D eigenvalue weighted by atomic mass is 32.2. The van der Waals surface area contributed by atoms with Crippen LogP contribution in [0.2, 0.25) is 0 Å². The Labute approximate surface area is 97.8 Å². The molecule has 6 heteroatoms. The molecule has 0 spiro atoms. The van der Waals surface area contributed by atoms with Gasteiger partial charge < -0.3 is 10.5 Å². The fourth-order valence-corrected chi connectivity index (χ4v) is 2.73. The molecule has 0 atom stereocenters. The summed E-state index contributed by atoms with van der Waals surface area (Å²) in [5.41, 5.74) is 5.19. The van der Waals surface area contributed by atoms with Crippen LogP contribution in [0.25, 0.3) is 0 Å². The van der Waals surface area contributed by atoms with Crippen molar-refractivity contribution in [3.63, 3.8) is 0 Å². The Morgan fingerprint density at radius 1 is 1.25 bits per heavy atom. The quantitative estimate of drug-likeness (QED) is 0.633. The number of sulfonamides is 1. The highest BCUT2D eigenvalue weighted by Gasteiger charge is 2.14. The van der Waals surface area contributed by atoms with Crippen LogP contribution in [0.3, 0.4) is 0 Å². The van der Waals surface area contributed by atoms with Crippen LogP contribution in [0.15, 0.2) is 0 Å². The van der Waals surface area contributed by atoms with Gasteiger partial charge in [0.2, 0.25) is 10.0 Å². The Morgan fingerprint density at radius 2 is 1.94 bits per heavy atom. The van der Waals surface area contributed by atoms with E-state index < -0.39 is 10.0 Å². The first-order chi connectivity index (χ1) is 7.64. The van der Waals surface area contributed by atoms with Crippen molar-refractivity contribution in [2.75, 3.05) is 25.4 Å². The third-order valence-electron chi connectivity index (χ3n) is 2.72. The average molecular weight is 250 g/mol. The van der Waals surface area contributed by atoms with E-state index in [0.29, 0.717) is 19.3 Å². The minimum atomic E-state index is -3.19. The maximum atomic E-state index is 11.2. The summed E-state index contributed by atoms with van der Waals surface area (Å²) in [5, 5.41) is 0. The van der Waals surface area contributed by atoms with Crippen LogP contribution in [0, 0.1) is 0 Å². The van der Waals surface area contributed by atoms with E-state index >= 15 is 0 Å². The van der Waals surface area contributed by atoms with E-state index in [1.165, 1.54) is 19.3 Å². The number of nitrogens with one attached hydrogen (secondary N) is 1. The SMILES string of the molecule is NCCS(=O)(=O)NCCOC1CCCCC1. The molecular weight excluding hydrogens is 228 g/mol. The van der Waals surface area contributed by atoms with Crippen molar-refractivity contribution < 1.29 is 13.2 Å². The summed E-state index contributed by atoms with van der Waals surface area (Å²) in [6, 6.07) is 0. The summed E-state index contributed by atoms with van der Waals surface area (Å²) in [5.74, 6) is -0.0174. The molecule has 0 unspecified atom stereocenters. The van der Waals surface area contributed by atoms with E-state index in [0.717, 1.165) is 12.8 Å². The maximum absolute atomic E-state index is 11.2. The van der Waals surface area contributed by atoms with Gasteiger partial charge in [-0.05, 0) is 12.8 Å². The van der Waals surface area contributed by atoms with Gasteiger partial charge in [-0.1, -0.05) is 19.3 Å². The minimum Gasteiger partial charge on any atom is -0.377 e. The lowest BCUT2D eigenvalue weighted by atomic mass is 9.98. The van der Waals surface area contributed by atoms with Gasteiger partial charge in [-0.25, -0.2) is 13.1 Å². The van der Waals surface area contributed by atoms with Gasteiger partial charge in [0.25, 0.3) is 0 Å². The Hall–Kier alpha value is -0.170. The molecule has 1 aliphatic rings. The monoisotopic (exact) mass is 250 g/mol. The first-order valence-electron chi connectivity index (χ1n) is 5.93. The zero-order valence-corrected chi connectivity index (χ0v) is 10.5. The second-order valence-corrected chi connectivity index (χ2v) is 6.06. The van der Waals surface area contributed by atoms with E-state index in [-0.39, 0.29) is 12.3 Å². The largest absolute Gasteiger partial charge is 0.377 e. The second-order valence-electron chi connectivity index (χ2n) is 4.13. The first kappa shape index (κ1) is 13.9. The minimum absolute atomic E-state index is 0.0174. The second kappa shape index (κ2) is 7.21. The topological polar surface area (TPSA) is 81.4 Å².